The molecule has 0 aliphatic rings. The van der Waals surface area contributed by atoms with Gasteiger partial charge in [0.2, 0.25) is 0 Å². The lowest BCUT2D eigenvalue weighted by atomic mass is 10.1. The van der Waals surface area contributed by atoms with Crippen LogP contribution in [0.5, 0.6) is 5.75 Å². The molecule has 0 radical (unpaired) electrons. The van der Waals surface area contributed by atoms with Crippen LogP contribution in [-0.4, -0.2) is 25.6 Å². The second-order valence-corrected chi connectivity index (χ2v) is 5.85. The molecule has 2 nitrogen and oxygen atoms in total. The SMILES string of the molecule is COc1ccc(Br)cc1CN(C)CCc1ccccc1. The second kappa shape index (κ2) is 7.46. The summed E-state index contributed by atoms with van der Waals surface area (Å²) in [6.45, 7) is 1.91. The lowest BCUT2D eigenvalue weighted by Gasteiger charge is -2.18. The van der Waals surface area contributed by atoms with Crippen molar-refractivity contribution >= 4 is 15.9 Å². The van der Waals surface area contributed by atoms with E-state index in [1.54, 1.807) is 7.11 Å². The average Bonchev–Trinajstić information content (AvgIpc) is 2.46. The van der Waals surface area contributed by atoms with Crippen molar-refractivity contribution in [3.63, 3.8) is 0 Å². The molecule has 20 heavy (non-hydrogen) atoms. The Morgan fingerprint density at radius 2 is 1.85 bits per heavy atom. The molecule has 0 atom stereocenters. The molecule has 0 fully saturated rings. The average molecular weight is 334 g/mol. The summed E-state index contributed by atoms with van der Waals surface area (Å²) >= 11 is 3.52. The maximum Gasteiger partial charge on any atom is 0.123 e. The van der Waals surface area contributed by atoms with E-state index in [9.17, 15) is 0 Å². The van der Waals surface area contributed by atoms with Crippen molar-refractivity contribution in [2.45, 2.75) is 13.0 Å². The smallest absolute Gasteiger partial charge is 0.123 e. The Kier molecular flexibility index (Phi) is 5.62. The molecular formula is C17H20BrNO. The van der Waals surface area contributed by atoms with E-state index in [1.807, 2.05) is 12.1 Å². The maximum absolute atomic E-state index is 5.42. The van der Waals surface area contributed by atoms with Crippen LogP contribution in [0.4, 0.5) is 0 Å². The highest BCUT2D eigenvalue weighted by molar-refractivity contribution is 9.10. The van der Waals surface area contributed by atoms with Gasteiger partial charge in [0.05, 0.1) is 7.11 Å². The van der Waals surface area contributed by atoms with Gasteiger partial charge in [-0.25, -0.2) is 0 Å². The van der Waals surface area contributed by atoms with Crippen molar-refractivity contribution in [1.29, 1.82) is 0 Å². The first-order chi connectivity index (χ1) is 9.69. The molecule has 0 heterocycles. The van der Waals surface area contributed by atoms with E-state index in [2.05, 4.69) is 64.3 Å². The molecule has 0 N–H and O–H groups in total. The van der Waals surface area contributed by atoms with Crippen molar-refractivity contribution in [3.8, 4) is 5.75 Å². The summed E-state index contributed by atoms with van der Waals surface area (Å²) < 4.78 is 6.50. The van der Waals surface area contributed by atoms with Gasteiger partial charge in [-0.2, -0.15) is 0 Å². The zero-order valence-corrected chi connectivity index (χ0v) is 13.6. The Balaban J connectivity index is 1.94. The van der Waals surface area contributed by atoms with E-state index in [1.165, 1.54) is 11.1 Å². The molecule has 0 unspecified atom stereocenters. The molecule has 2 aromatic rings. The van der Waals surface area contributed by atoms with Crippen molar-refractivity contribution < 1.29 is 4.74 Å². The highest BCUT2D eigenvalue weighted by Crippen LogP contribution is 2.24. The van der Waals surface area contributed by atoms with Gasteiger partial charge in [0.25, 0.3) is 0 Å². The van der Waals surface area contributed by atoms with Crippen LogP contribution >= 0.6 is 15.9 Å². The number of benzene rings is 2. The van der Waals surface area contributed by atoms with Crippen LogP contribution in [0.3, 0.4) is 0 Å². The predicted molar refractivity (Wildman–Crippen MR) is 87.2 cm³/mol. The summed E-state index contributed by atoms with van der Waals surface area (Å²) in [4.78, 5) is 2.32. The third-order valence-electron chi connectivity index (χ3n) is 3.31. The normalized spacial score (nSPS) is 10.8. The van der Waals surface area contributed by atoms with Gasteiger partial charge in [-0.3, -0.25) is 0 Å². The fourth-order valence-electron chi connectivity index (χ4n) is 2.21. The fourth-order valence-corrected chi connectivity index (χ4v) is 2.61. The van der Waals surface area contributed by atoms with E-state index in [0.29, 0.717) is 0 Å². The monoisotopic (exact) mass is 333 g/mol. The van der Waals surface area contributed by atoms with E-state index in [0.717, 1.165) is 29.7 Å². The molecule has 0 bridgehead atoms. The first kappa shape index (κ1) is 15.1. The summed E-state index contributed by atoms with van der Waals surface area (Å²) in [5.74, 6) is 0.944. The van der Waals surface area contributed by atoms with Gasteiger partial charge in [-0.1, -0.05) is 46.3 Å². The minimum atomic E-state index is 0.884. The molecule has 2 aromatic carbocycles. The Morgan fingerprint density at radius 3 is 2.55 bits per heavy atom. The number of hydrogen-bond donors (Lipinski definition) is 0. The van der Waals surface area contributed by atoms with Crippen LogP contribution in [0.15, 0.2) is 53.0 Å². The van der Waals surface area contributed by atoms with Crippen LogP contribution in [-0.2, 0) is 13.0 Å². The third kappa shape index (κ3) is 4.36. The zero-order valence-electron chi connectivity index (χ0n) is 12.0. The largest absolute Gasteiger partial charge is 0.496 e. The molecule has 0 aliphatic heterocycles. The van der Waals surface area contributed by atoms with Gasteiger partial charge < -0.3 is 9.64 Å². The quantitative estimate of drug-likeness (QED) is 0.787. The van der Waals surface area contributed by atoms with Gasteiger partial charge in [-0.05, 0) is 37.2 Å². The molecule has 2 rings (SSSR count). The first-order valence-electron chi connectivity index (χ1n) is 6.74. The molecule has 3 heteroatoms. The lowest BCUT2D eigenvalue weighted by molar-refractivity contribution is 0.321. The third-order valence-corrected chi connectivity index (χ3v) is 3.80. The van der Waals surface area contributed by atoms with Crippen molar-refractivity contribution in [2.75, 3.05) is 20.7 Å². The zero-order chi connectivity index (χ0) is 14.4. The Morgan fingerprint density at radius 1 is 1.10 bits per heavy atom. The number of nitrogens with zero attached hydrogens (tertiary/aromatic N) is 1. The summed E-state index contributed by atoms with van der Waals surface area (Å²) in [5.41, 5.74) is 2.58. The molecule has 0 aromatic heterocycles. The van der Waals surface area contributed by atoms with Crippen LogP contribution in [0.2, 0.25) is 0 Å². The Bertz CT molecular complexity index is 542. The standard InChI is InChI=1S/C17H20BrNO/c1-19(11-10-14-6-4-3-5-7-14)13-15-12-16(18)8-9-17(15)20-2/h3-9,12H,10-11,13H2,1-2H3. The topological polar surface area (TPSA) is 12.5 Å². The highest BCUT2D eigenvalue weighted by Gasteiger charge is 2.07. The second-order valence-electron chi connectivity index (χ2n) is 4.93. The number of halogens is 1. The molecule has 0 aliphatic carbocycles. The summed E-state index contributed by atoms with van der Waals surface area (Å²) in [6.07, 6.45) is 1.06. The lowest BCUT2D eigenvalue weighted by Crippen LogP contribution is -2.21. The number of rotatable bonds is 6. The molecule has 106 valence electrons. The van der Waals surface area contributed by atoms with Crippen LogP contribution < -0.4 is 4.74 Å². The Hall–Kier alpha value is -1.32. The van der Waals surface area contributed by atoms with Crippen LogP contribution in [0.1, 0.15) is 11.1 Å². The van der Waals surface area contributed by atoms with Crippen LogP contribution in [0.25, 0.3) is 0 Å². The molecule has 0 amide bonds. The van der Waals surface area contributed by atoms with E-state index < -0.39 is 0 Å². The minimum absolute atomic E-state index is 0.884. The van der Waals surface area contributed by atoms with Crippen molar-refractivity contribution in [3.05, 3.63) is 64.1 Å². The number of ether oxygens (including phenoxy) is 1. The Labute approximate surface area is 129 Å². The minimum Gasteiger partial charge on any atom is -0.496 e. The summed E-state index contributed by atoms with van der Waals surface area (Å²) in [7, 11) is 3.86. The van der Waals surface area contributed by atoms with Crippen molar-refractivity contribution in [2.24, 2.45) is 0 Å². The summed E-state index contributed by atoms with van der Waals surface area (Å²) in [5, 5.41) is 0. The molecule has 0 saturated carbocycles. The van der Waals surface area contributed by atoms with E-state index in [-0.39, 0.29) is 0 Å². The van der Waals surface area contributed by atoms with Gasteiger partial charge in [-0.15, -0.1) is 0 Å². The summed E-state index contributed by atoms with van der Waals surface area (Å²) in [6, 6.07) is 16.7. The van der Waals surface area contributed by atoms with Gasteiger partial charge >= 0.3 is 0 Å². The molecular weight excluding hydrogens is 314 g/mol. The maximum atomic E-state index is 5.42. The fraction of sp³-hybridized carbons (Fsp3) is 0.294. The number of likely N-dealkylation sites (N-methyl/N-ethyl adjacent to an activating group) is 1. The van der Waals surface area contributed by atoms with E-state index >= 15 is 0 Å². The first-order valence-corrected chi connectivity index (χ1v) is 7.53. The van der Waals surface area contributed by atoms with Crippen molar-refractivity contribution in [1.82, 2.24) is 4.90 Å². The van der Waals surface area contributed by atoms with E-state index in [4.69, 9.17) is 4.74 Å². The number of hydrogen-bond acceptors (Lipinski definition) is 2. The predicted octanol–water partition coefficient (Wildman–Crippen LogP) is 4.13. The van der Waals surface area contributed by atoms with Gasteiger partial charge in [0.15, 0.2) is 0 Å². The van der Waals surface area contributed by atoms with Gasteiger partial charge in [0.1, 0.15) is 5.75 Å². The number of methoxy groups -OCH3 is 1. The van der Waals surface area contributed by atoms with Crippen LogP contribution in [0, 0.1) is 0 Å². The molecule has 0 saturated heterocycles. The highest BCUT2D eigenvalue weighted by atomic mass is 79.9. The van der Waals surface area contributed by atoms with Gasteiger partial charge in [0, 0.05) is 23.1 Å². The molecule has 0 spiro atoms.